The van der Waals surface area contributed by atoms with Gasteiger partial charge in [0.05, 0.1) is 18.1 Å². The first-order valence-electron chi connectivity index (χ1n) is 9.05. The molecule has 5 heteroatoms. The van der Waals surface area contributed by atoms with Gasteiger partial charge in [-0.05, 0) is 42.7 Å². The summed E-state index contributed by atoms with van der Waals surface area (Å²) >= 11 is 0. The van der Waals surface area contributed by atoms with Gasteiger partial charge < -0.3 is 4.90 Å². The van der Waals surface area contributed by atoms with E-state index in [-0.39, 0.29) is 5.91 Å². The van der Waals surface area contributed by atoms with E-state index >= 15 is 0 Å². The van der Waals surface area contributed by atoms with E-state index in [0.29, 0.717) is 12.0 Å². The topological polar surface area (TPSA) is 60.2 Å². The van der Waals surface area contributed by atoms with E-state index < -0.39 is 0 Å². The minimum atomic E-state index is 0.177. The summed E-state index contributed by atoms with van der Waals surface area (Å²) in [6.07, 6.45) is 3.19. The van der Waals surface area contributed by atoms with Crippen LogP contribution in [0.25, 0.3) is 0 Å². The smallest absolute Gasteiger partial charge is 0.227 e. The molecule has 0 N–H and O–H groups in total. The van der Waals surface area contributed by atoms with Crippen molar-refractivity contribution in [1.82, 2.24) is 14.8 Å². The van der Waals surface area contributed by atoms with Crippen molar-refractivity contribution in [2.45, 2.75) is 26.3 Å². The summed E-state index contributed by atoms with van der Waals surface area (Å²) in [7, 11) is 0. The Morgan fingerprint density at radius 1 is 1.08 bits per heavy atom. The molecule has 1 aliphatic heterocycles. The van der Waals surface area contributed by atoms with Gasteiger partial charge in [0.25, 0.3) is 0 Å². The normalized spacial score (nSPS) is 15.3. The van der Waals surface area contributed by atoms with Crippen molar-refractivity contribution < 1.29 is 4.79 Å². The number of benzene rings is 1. The molecule has 1 aromatic heterocycles. The molecule has 0 bridgehead atoms. The van der Waals surface area contributed by atoms with Gasteiger partial charge in [-0.15, -0.1) is 0 Å². The highest BCUT2D eigenvalue weighted by atomic mass is 16.2. The molecule has 2 aromatic rings. The van der Waals surface area contributed by atoms with E-state index in [1.165, 1.54) is 5.56 Å². The molecule has 2 heterocycles. The van der Waals surface area contributed by atoms with Crippen LogP contribution in [0.3, 0.4) is 0 Å². The fourth-order valence-electron chi connectivity index (χ4n) is 3.21. The lowest BCUT2D eigenvalue weighted by molar-refractivity contribution is -0.130. The number of aryl methyl sites for hydroxylation is 1. The standard InChI is InChI=1S/C21H24N4O/c1-17-3-4-20(15-23-17)13-21(26)25-10-2-9-24(11-12-25)16-19-7-5-18(14-22)6-8-19/h3-8,15H,2,9-13,16H2,1H3. The molecule has 0 saturated carbocycles. The lowest BCUT2D eigenvalue weighted by Gasteiger charge is -2.22. The number of pyridine rings is 1. The van der Waals surface area contributed by atoms with E-state index in [1.807, 2.05) is 48.2 Å². The second-order valence-corrected chi connectivity index (χ2v) is 6.80. The summed E-state index contributed by atoms with van der Waals surface area (Å²) in [5.41, 5.74) is 3.83. The molecule has 3 rings (SSSR count). The number of hydrogen-bond donors (Lipinski definition) is 0. The van der Waals surface area contributed by atoms with E-state index in [1.54, 1.807) is 6.20 Å². The van der Waals surface area contributed by atoms with Crippen molar-refractivity contribution in [2.75, 3.05) is 26.2 Å². The van der Waals surface area contributed by atoms with Gasteiger partial charge in [-0.25, -0.2) is 0 Å². The second kappa shape index (κ2) is 8.59. The molecule has 0 spiro atoms. The van der Waals surface area contributed by atoms with Crippen LogP contribution in [0.5, 0.6) is 0 Å². The summed E-state index contributed by atoms with van der Waals surface area (Å²) in [5.74, 6) is 0.177. The molecule has 1 amide bonds. The van der Waals surface area contributed by atoms with Crippen LogP contribution < -0.4 is 0 Å². The van der Waals surface area contributed by atoms with Crippen LogP contribution in [-0.2, 0) is 17.8 Å². The number of rotatable bonds is 4. The molecule has 0 atom stereocenters. The number of amides is 1. The minimum absolute atomic E-state index is 0.177. The lowest BCUT2D eigenvalue weighted by atomic mass is 10.1. The molecule has 1 aliphatic rings. The SMILES string of the molecule is Cc1ccc(CC(=O)N2CCCN(Cc3ccc(C#N)cc3)CC2)cn1. The van der Waals surface area contributed by atoms with Crippen LogP contribution in [0.2, 0.25) is 0 Å². The summed E-state index contributed by atoms with van der Waals surface area (Å²) in [6.45, 7) is 6.22. The van der Waals surface area contributed by atoms with Crippen LogP contribution >= 0.6 is 0 Å². The van der Waals surface area contributed by atoms with Gasteiger partial charge >= 0.3 is 0 Å². The fourth-order valence-corrected chi connectivity index (χ4v) is 3.21. The Hall–Kier alpha value is -2.71. The maximum atomic E-state index is 12.6. The van der Waals surface area contributed by atoms with Crippen molar-refractivity contribution in [3.8, 4) is 6.07 Å². The third-order valence-electron chi connectivity index (χ3n) is 4.76. The van der Waals surface area contributed by atoms with E-state index in [2.05, 4.69) is 16.0 Å². The molecule has 0 unspecified atom stereocenters. The first-order valence-corrected chi connectivity index (χ1v) is 9.05. The third-order valence-corrected chi connectivity index (χ3v) is 4.76. The zero-order valence-electron chi connectivity index (χ0n) is 15.2. The van der Waals surface area contributed by atoms with Gasteiger partial charge in [-0.1, -0.05) is 18.2 Å². The average Bonchev–Trinajstić information content (AvgIpc) is 2.90. The first-order chi connectivity index (χ1) is 12.6. The summed E-state index contributed by atoms with van der Waals surface area (Å²) in [4.78, 5) is 21.2. The zero-order valence-corrected chi connectivity index (χ0v) is 15.2. The van der Waals surface area contributed by atoms with Crippen LogP contribution in [0.4, 0.5) is 0 Å². The van der Waals surface area contributed by atoms with Crippen LogP contribution in [-0.4, -0.2) is 46.9 Å². The number of carbonyl (C=O) groups excluding carboxylic acids is 1. The Labute approximate surface area is 154 Å². The number of hydrogen-bond acceptors (Lipinski definition) is 4. The highest BCUT2D eigenvalue weighted by Crippen LogP contribution is 2.12. The van der Waals surface area contributed by atoms with Gasteiger partial charge in [0.1, 0.15) is 0 Å². The molecule has 0 aliphatic carbocycles. The van der Waals surface area contributed by atoms with Crippen molar-refractivity contribution in [2.24, 2.45) is 0 Å². The van der Waals surface area contributed by atoms with Gasteiger partial charge in [-0.3, -0.25) is 14.7 Å². The van der Waals surface area contributed by atoms with Crippen LogP contribution in [0, 0.1) is 18.3 Å². The largest absolute Gasteiger partial charge is 0.341 e. The van der Waals surface area contributed by atoms with Crippen molar-refractivity contribution >= 4 is 5.91 Å². The lowest BCUT2D eigenvalue weighted by Crippen LogP contribution is -2.36. The monoisotopic (exact) mass is 348 g/mol. The zero-order chi connectivity index (χ0) is 18.4. The average molecular weight is 348 g/mol. The predicted molar refractivity (Wildman–Crippen MR) is 100 cm³/mol. The van der Waals surface area contributed by atoms with Crippen molar-refractivity contribution in [3.63, 3.8) is 0 Å². The fraction of sp³-hybridized carbons (Fsp3) is 0.381. The summed E-state index contributed by atoms with van der Waals surface area (Å²) < 4.78 is 0. The number of aromatic nitrogens is 1. The van der Waals surface area contributed by atoms with Gasteiger partial charge in [-0.2, -0.15) is 5.26 Å². The van der Waals surface area contributed by atoms with Crippen molar-refractivity contribution in [3.05, 3.63) is 65.0 Å². The van der Waals surface area contributed by atoms with Gasteiger partial charge in [0.2, 0.25) is 5.91 Å². The number of nitriles is 1. The maximum Gasteiger partial charge on any atom is 0.227 e. The molecular weight excluding hydrogens is 324 g/mol. The Kier molecular flexibility index (Phi) is 5.98. The maximum absolute atomic E-state index is 12.6. The molecular formula is C21H24N4O. The van der Waals surface area contributed by atoms with Gasteiger partial charge in [0, 0.05) is 44.6 Å². The van der Waals surface area contributed by atoms with E-state index in [0.717, 1.165) is 50.4 Å². The van der Waals surface area contributed by atoms with Gasteiger partial charge in [0.15, 0.2) is 0 Å². The Morgan fingerprint density at radius 3 is 2.54 bits per heavy atom. The first kappa shape index (κ1) is 18.1. The summed E-state index contributed by atoms with van der Waals surface area (Å²) in [5, 5.41) is 8.89. The molecule has 5 nitrogen and oxygen atoms in total. The van der Waals surface area contributed by atoms with Crippen molar-refractivity contribution in [1.29, 1.82) is 5.26 Å². The van der Waals surface area contributed by atoms with E-state index in [9.17, 15) is 4.79 Å². The summed E-state index contributed by atoms with van der Waals surface area (Å²) in [6, 6.07) is 13.8. The predicted octanol–water partition coefficient (Wildman–Crippen LogP) is 2.54. The molecule has 1 fully saturated rings. The molecule has 0 radical (unpaired) electrons. The molecule has 26 heavy (non-hydrogen) atoms. The highest BCUT2D eigenvalue weighted by molar-refractivity contribution is 5.78. The van der Waals surface area contributed by atoms with Crippen LogP contribution in [0.15, 0.2) is 42.6 Å². The number of carbonyl (C=O) groups is 1. The Balaban J connectivity index is 1.53. The minimum Gasteiger partial charge on any atom is -0.341 e. The van der Waals surface area contributed by atoms with Crippen LogP contribution in [0.1, 0.15) is 28.8 Å². The highest BCUT2D eigenvalue weighted by Gasteiger charge is 2.19. The Morgan fingerprint density at radius 2 is 1.85 bits per heavy atom. The second-order valence-electron chi connectivity index (χ2n) is 6.80. The molecule has 1 saturated heterocycles. The molecule has 1 aromatic carbocycles. The quantitative estimate of drug-likeness (QED) is 0.852. The van der Waals surface area contributed by atoms with E-state index in [4.69, 9.17) is 5.26 Å². The Bertz CT molecular complexity index is 777. The number of nitrogens with zero attached hydrogens (tertiary/aromatic N) is 4. The third kappa shape index (κ3) is 4.90. The molecule has 134 valence electrons.